The first-order valence-electron chi connectivity index (χ1n) is 7.07. The number of carboxylic acid groups (broad SMARTS) is 1. The molecule has 3 rings (SSSR count). The molecule has 0 spiro atoms. The van der Waals surface area contributed by atoms with E-state index in [0.717, 1.165) is 33.5 Å². The van der Waals surface area contributed by atoms with Crippen molar-refractivity contribution in [2.45, 2.75) is 13.3 Å². The number of para-hydroxylation sites is 2. The van der Waals surface area contributed by atoms with Crippen molar-refractivity contribution < 1.29 is 9.90 Å². The highest BCUT2D eigenvalue weighted by molar-refractivity contribution is 5.96. The summed E-state index contributed by atoms with van der Waals surface area (Å²) in [5.41, 5.74) is 4.05. The fraction of sp³-hybridized carbons (Fsp3) is 0.111. The monoisotopic (exact) mass is 292 g/mol. The normalized spacial score (nSPS) is 10.6. The molecule has 2 aromatic carbocycles. The van der Waals surface area contributed by atoms with Crippen molar-refractivity contribution in [3.05, 3.63) is 65.9 Å². The van der Waals surface area contributed by atoms with Gasteiger partial charge in [0.05, 0.1) is 17.6 Å². The van der Waals surface area contributed by atoms with Crippen LogP contribution in [-0.2, 0) is 11.2 Å². The van der Waals surface area contributed by atoms with E-state index in [9.17, 15) is 9.90 Å². The van der Waals surface area contributed by atoms with E-state index in [1.165, 1.54) is 0 Å². The van der Waals surface area contributed by atoms with E-state index in [2.05, 4.69) is 10.3 Å². The van der Waals surface area contributed by atoms with Crippen molar-refractivity contribution in [1.29, 1.82) is 0 Å². The molecule has 0 bridgehead atoms. The first-order valence-corrected chi connectivity index (χ1v) is 7.07. The van der Waals surface area contributed by atoms with E-state index in [-0.39, 0.29) is 6.42 Å². The molecule has 0 unspecified atom stereocenters. The zero-order valence-corrected chi connectivity index (χ0v) is 12.2. The third kappa shape index (κ3) is 2.76. The maximum absolute atomic E-state index is 11.2. The number of rotatable bonds is 4. The van der Waals surface area contributed by atoms with Gasteiger partial charge in [-0.2, -0.15) is 0 Å². The van der Waals surface area contributed by atoms with Crippen LogP contribution in [0.2, 0.25) is 0 Å². The van der Waals surface area contributed by atoms with Gasteiger partial charge < -0.3 is 10.4 Å². The number of carbonyl (C=O) groups is 1. The lowest BCUT2D eigenvalue weighted by Crippen LogP contribution is -2.08. The molecule has 3 aromatic rings. The number of benzene rings is 2. The van der Waals surface area contributed by atoms with Gasteiger partial charge in [0.25, 0.3) is 0 Å². The number of hydrogen-bond donors (Lipinski definition) is 2. The number of aryl methyl sites for hydroxylation is 1. The molecule has 0 atom stereocenters. The molecule has 1 aromatic heterocycles. The number of aromatic nitrogens is 1. The molecule has 0 saturated carbocycles. The van der Waals surface area contributed by atoms with Gasteiger partial charge in [0.1, 0.15) is 0 Å². The van der Waals surface area contributed by atoms with Gasteiger partial charge in [-0.3, -0.25) is 9.78 Å². The predicted octanol–water partition coefficient (Wildman–Crippen LogP) is 3.91. The van der Waals surface area contributed by atoms with Gasteiger partial charge in [0.15, 0.2) is 0 Å². The number of anilines is 2. The summed E-state index contributed by atoms with van der Waals surface area (Å²) < 4.78 is 0. The second kappa shape index (κ2) is 5.85. The van der Waals surface area contributed by atoms with Crippen LogP contribution in [0.1, 0.15) is 11.3 Å². The minimum Gasteiger partial charge on any atom is -0.481 e. The maximum Gasteiger partial charge on any atom is 0.307 e. The van der Waals surface area contributed by atoms with Crippen molar-refractivity contribution in [3.63, 3.8) is 0 Å². The van der Waals surface area contributed by atoms with E-state index in [0.29, 0.717) is 0 Å². The molecule has 4 nitrogen and oxygen atoms in total. The first kappa shape index (κ1) is 14.1. The van der Waals surface area contributed by atoms with E-state index in [1.54, 1.807) is 0 Å². The molecule has 110 valence electrons. The number of aliphatic carboxylic acids is 1. The Kier molecular flexibility index (Phi) is 3.74. The molecule has 22 heavy (non-hydrogen) atoms. The minimum absolute atomic E-state index is 0.0567. The highest BCUT2D eigenvalue weighted by atomic mass is 16.4. The highest BCUT2D eigenvalue weighted by Crippen LogP contribution is 2.31. The number of fused-ring (bicyclic) bond motifs is 1. The molecule has 1 heterocycles. The highest BCUT2D eigenvalue weighted by Gasteiger charge is 2.15. The van der Waals surface area contributed by atoms with Gasteiger partial charge in [0, 0.05) is 22.3 Å². The Morgan fingerprint density at radius 3 is 2.50 bits per heavy atom. The first-order chi connectivity index (χ1) is 10.6. The largest absolute Gasteiger partial charge is 0.481 e. The topological polar surface area (TPSA) is 62.2 Å². The summed E-state index contributed by atoms with van der Waals surface area (Å²) in [6.07, 6.45) is -0.0567. The van der Waals surface area contributed by atoms with Crippen LogP contribution in [0.3, 0.4) is 0 Å². The van der Waals surface area contributed by atoms with Crippen molar-refractivity contribution in [3.8, 4) is 0 Å². The summed E-state index contributed by atoms with van der Waals surface area (Å²) in [7, 11) is 0. The number of hydrogen-bond acceptors (Lipinski definition) is 3. The number of carboxylic acids is 1. The Balaban J connectivity index is 2.20. The van der Waals surface area contributed by atoms with Gasteiger partial charge in [-0.05, 0) is 25.1 Å². The quantitative estimate of drug-likeness (QED) is 0.765. The van der Waals surface area contributed by atoms with Gasteiger partial charge in [0.2, 0.25) is 0 Å². The van der Waals surface area contributed by atoms with Crippen molar-refractivity contribution in [1.82, 2.24) is 4.98 Å². The summed E-state index contributed by atoms with van der Waals surface area (Å²) in [6, 6.07) is 17.5. The van der Waals surface area contributed by atoms with E-state index in [4.69, 9.17) is 0 Å². The third-order valence-corrected chi connectivity index (χ3v) is 3.57. The SMILES string of the molecule is Cc1nc2ccccc2c(Nc2ccccc2)c1CC(=O)O. The van der Waals surface area contributed by atoms with Gasteiger partial charge >= 0.3 is 5.97 Å². The van der Waals surface area contributed by atoms with Crippen LogP contribution in [0.25, 0.3) is 10.9 Å². The fourth-order valence-electron chi connectivity index (χ4n) is 2.55. The molecule has 0 saturated heterocycles. The molecule has 0 aliphatic heterocycles. The second-order valence-electron chi connectivity index (χ2n) is 5.13. The van der Waals surface area contributed by atoms with Crippen LogP contribution in [0.4, 0.5) is 11.4 Å². The average Bonchev–Trinajstić information content (AvgIpc) is 2.51. The van der Waals surface area contributed by atoms with Crippen molar-refractivity contribution in [2.75, 3.05) is 5.32 Å². The second-order valence-corrected chi connectivity index (χ2v) is 5.13. The molecule has 2 N–H and O–H groups in total. The molecule has 4 heteroatoms. The number of pyridine rings is 1. The lowest BCUT2D eigenvalue weighted by molar-refractivity contribution is -0.136. The van der Waals surface area contributed by atoms with Gasteiger partial charge in [-0.1, -0.05) is 36.4 Å². The summed E-state index contributed by atoms with van der Waals surface area (Å²) >= 11 is 0. The van der Waals surface area contributed by atoms with Crippen LogP contribution in [0.15, 0.2) is 54.6 Å². The zero-order chi connectivity index (χ0) is 15.5. The average molecular weight is 292 g/mol. The Labute approximate surface area is 128 Å². The van der Waals surface area contributed by atoms with Crippen LogP contribution in [0, 0.1) is 6.92 Å². The van der Waals surface area contributed by atoms with Crippen molar-refractivity contribution >= 4 is 28.2 Å². The van der Waals surface area contributed by atoms with Gasteiger partial charge in [-0.25, -0.2) is 0 Å². The molecule has 0 fully saturated rings. The van der Waals surface area contributed by atoms with Gasteiger partial charge in [-0.15, -0.1) is 0 Å². The third-order valence-electron chi connectivity index (χ3n) is 3.57. The van der Waals surface area contributed by atoms with Crippen LogP contribution in [0.5, 0.6) is 0 Å². The minimum atomic E-state index is -0.865. The molecule has 0 amide bonds. The van der Waals surface area contributed by atoms with Crippen LogP contribution >= 0.6 is 0 Å². The molecular formula is C18H16N2O2. The molecular weight excluding hydrogens is 276 g/mol. The predicted molar refractivity (Wildman–Crippen MR) is 87.5 cm³/mol. The maximum atomic E-state index is 11.2. The summed E-state index contributed by atoms with van der Waals surface area (Å²) in [5.74, 6) is -0.865. The Bertz CT molecular complexity index is 829. The van der Waals surface area contributed by atoms with Crippen LogP contribution < -0.4 is 5.32 Å². The van der Waals surface area contributed by atoms with E-state index in [1.807, 2.05) is 61.5 Å². The zero-order valence-electron chi connectivity index (χ0n) is 12.2. The molecule has 0 aliphatic carbocycles. The lowest BCUT2D eigenvalue weighted by atomic mass is 10.0. The van der Waals surface area contributed by atoms with Crippen LogP contribution in [-0.4, -0.2) is 16.1 Å². The summed E-state index contributed by atoms with van der Waals surface area (Å²) in [6.45, 7) is 1.85. The lowest BCUT2D eigenvalue weighted by Gasteiger charge is -2.16. The smallest absolute Gasteiger partial charge is 0.307 e. The summed E-state index contributed by atoms with van der Waals surface area (Å²) in [5, 5.41) is 13.5. The Morgan fingerprint density at radius 1 is 1.09 bits per heavy atom. The number of nitrogens with zero attached hydrogens (tertiary/aromatic N) is 1. The molecule has 0 radical (unpaired) electrons. The van der Waals surface area contributed by atoms with E-state index >= 15 is 0 Å². The fourth-order valence-corrected chi connectivity index (χ4v) is 2.55. The van der Waals surface area contributed by atoms with Crippen molar-refractivity contribution in [2.24, 2.45) is 0 Å². The standard InChI is InChI=1S/C18H16N2O2/c1-12-15(11-17(21)22)18(20-13-7-3-2-4-8-13)14-9-5-6-10-16(14)19-12/h2-10H,11H2,1H3,(H,19,20)(H,21,22). The summed E-state index contributed by atoms with van der Waals surface area (Å²) in [4.78, 5) is 15.7. The Hall–Kier alpha value is -2.88. The Morgan fingerprint density at radius 2 is 1.77 bits per heavy atom. The van der Waals surface area contributed by atoms with E-state index < -0.39 is 5.97 Å². The number of nitrogens with one attached hydrogen (secondary N) is 1. The molecule has 0 aliphatic rings.